The number of carbonyl (C=O) groups is 2. The second-order valence-corrected chi connectivity index (χ2v) is 6.15. The van der Waals surface area contributed by atoms with E-state index in [-0.39, 0.29) is 25.5 Å². The van der Waals surface area contributed by atoms with E-state index in [2.05, 4.69) is 5.32 Å². The van der Waals surface area contributed by atoms with Crippen LogP contribution in [0.1, 0.15) is 12.0 Å². The van der Waals surface area contributed by atoms with Crippen molar-refractivity contribution >= 4 is 11.9 Å². The second kappa shape index (κ2) is 10.2. The Kier molecular flexibility index (Phi) is 7.12. The van der Waals surface area contributed by atoms with E-state index in [1.54, 1.807) is 12.1 Å². The maximum absolute atomic E-state index is 11.8. The Morgan fingerprint density at radius 1 is 1.00 bits per heavy atom. The highest BCUT2D eigenvalue weighted by molar-refractivity contribution is 5.80. The minimum absolute atomic E-state index is 0.0827. The maximum atomic E-state index is 11.8. The van der Waals surface area contributed by atoms with Crippen LogP contribution in [0.4, 0.5) is 0 Å². The lowest BCUT2D eigenvalue weighted by Gasteiger charge is -2.18. The van der Waals surface area contributed by atoms with E-state index in [0.29, 0.717) is 31.9 Å². The number of nitrogens with one attached hydrogen (secondary N) is 1. The lowest BCUT2D eigenvalue weighted by Crippen LogP contribution is -2.30. The van der Waals surface area contributed by atoms with Gasteiger partial charge in [0.25, 0.3) is 5.91 Å². The molecule has 0 saturated carbocycles. The van der Waals surface area contributed by atoms with E-state index in [0.717, 1.165) is 17.1 Å². The first-order valence-electron chi connectivity index (χ1n) is 9.19. The molecule has 2 aromatic rings. The summed E-state index contributed by atoms with van der Waals surface area (Å²) in [6, 6.07) is 14.9. The van der Waals surface area contributed by atoms with E-state index in [9.17, 15) is 9.59 Å². The first kappa shape index (κ1) is 19.5. The second-order valence-electron chi connectivity index (χ2n) is 6.15. The summed E-state index contributed by atoms with van der Waals surface area (Å²) < 4.78 is 21.4. The summed E-state index contributed by atoms with van der Waals surface area (Å²) in [5.41, 5.74) is 1.03. The molecule has 2 aromatic carbocycles. The third-order valence-corrected chi connectivity index (χ3v) is 4.02. The van der Waals surface area contributed by atoms with Crippen molar-refractivity contribution in [2.24, 2.45) is 0 Å². The standard InChI is InChI=1S/C21H23NO6/c23-20(15-28-21(24)9-11-25-17-4-2-1-3-5-17)22-10-8-16-6-7-18-19(14-16)27-13-12-26-18/h1-7,14H,8-13,15H2,(H,22,23). The van der Waals surface area contributed by atoms with Gasteiger partial charge in [0.1, 0.15) is 19.0 Å². The van der Waals surface area contributed by atoms with Gasteiger partial charge in [0.05, 0.1) is 13.0 Å². The van der Waals surface area contributed by atoms with E-state index in [4.69, 9.17) is 18.9 Å². The largest absolute Gasteiger partial charge is 0.493 e. The van der Waals surface area contributed by atoms with Crippen LogP contribution in [0.5, 0.6) is 17.2 Å². The van der Waals surface area contributed by atoms with E-state index < -0.39 is 5.97 Å². The monoisotopic (exact) mass is 385 g/mol. The Balaban J connectivity index is 1.28. The molecule has 0 bridgehead atoms. The van der Waals surface area contributed by atoms with Gasteiger partial charge in [-0.2, -0.15) is 0 Å². The average Bonchev–Trinajstić information content (AvgIpc) is 2.73. The highest BCUT2D eigenvalue weighted by atomic mass is 16.6. The Hall–Kier alpha value is -3.22. The van der Waals surface area contributed by atoms with E-state index in [1.807, 2.05) is 36.4 Å². The fourth-order valence-corrected chi connectivity index (χ4v) is 2.63. The van der Waals surface area contributed by atoms with Crippen molar-refractivity contribution in [3.8, 4) is 17.2 Å². The fraction of sp³-hybridized carbons (Fsp3) is 0.333. The van der Waals surface area contributed by atoms with Crippen molar-refractivity contribution in [2.45, 2.75) is 12.8 Å². The van der Waals surface area contributed by atoms with Gasteiger partial charge in [0, 0.05) is 6.54 Å². The molecule has 0 fully saturated rings. The van der Waals surface area contributed by atoms with Gasteiger partial charge in [-0.15, -0.1) is 0 Å². The number of para-hydroxylation sites is 1. The molecule has 0 saturated heterocycles. The Bertz CT molecular complexity index is 793. The van der Waals surface area contributed by atoms with Crippen LogP contribution in [0.15, 0.2) is 48.5 Å². The number of carbonyl (C=O) groups excluding carboxylic acids is 2. The summed E-state index contributed by atoms with van der Waals surface area (Å²) in [4.78, 5) is 23.5. The molecule has 0 atom stereocenters. The molecule has 1 heterocycles. The van der Waals surface area contributed by atoms with Gasteiger partial charge in [-0.05, 0) is 36.2 Å². The molecule has 1 aliphatic rings. The van der Waals surface area contributed by atoms with Crippen molar-refractivity contribution in [1.82, 2.24) is 5.32 Å². The molecule has 28 heavy (non-hydrogen) atoms. The van der Waals surface area contributed by atoms with Crippen LogP contribution in [0, 0.1) is 0 Å². The van der Waals surface area contributed by atoms with Crippen molar-refractivity contribution in [3.63, 3.8) is 0 Å². The third kappa shape index (κ3) is 6.19. The summed E-state index contributed by atoms with van der Waals surface area (Å²) in [6.45, 7) is 1.43. The van der Waals surface area contributed by atoms with Crippen molar-refractivity contribution in [2.75, 3.05) is 33.0 Å². The summed E-state index contributed by atoms with van der Waals surface area (Å²) in [5.74, 6) is 1.34. The number of benzene rings is 2. The summed E-state index contributed by atoms with van der Waals surface area (Å²) in [6.07, 6.45) is 0.723. The Labute approximate surface area is 163 Å². The highest BCUT2D eigenvalue weighted by Gasteiger charge is 2.12. The molecule has 3 rings (SSSR count). The van der Waals surface area contributed by atoms with Crippen LogP contribution in [-0.4, -0.2) is 44.8 Å². The van der Waals surface area contributed by atoms with Crippen molar-refractivity contribution < 1.29 is 28.5 Å². The van der Waals surface area contributed by atoms with Crippen molar-refractivity contribution in [1.29, 1.82) is 0 Å². The zero-order valence-electron chi connectivity index (χ0n) is 15.5. The minimum Gasteiger partial charge on any atom is -0.493 e. The van der Waals surface area contributed by atoms with Gasteiger partial charge in [0.15, 0.2) is 18.1 Å². The fourth-order valence-electron chi connectivity index (χ4n) is 2.63. The highest BCUT2D eigenvalue weighted by Crippen LogP contribution is 2.30. The first-order chi connectivity index (χ1) is 13.7. The molecule has 7 nitrogen and oxygen atoms in total. The predicted molar refractivity (Wildman–Crippen MR) is 102 cm³/mol. The number of ether oxygens (including phenoxy) is 4. The lowest BCUT2D eigenvalue weighted by molar-refractivity contribution is -0.149. The molecule has 1 N–H and O–H groups in total. The number of hydrogen-bond acceptors (Lipinski definition) is 6. The zero-order valence-corrected chi connectivity index (χ0v) is 15.5. The molecule has 1 aliphatic heterocycles. The van der Waals surface area contributed by atoms with Crippen LogP contribution in [0.25, 0.3) is 0 Å². The molecule has 1 amide bonds. The molecule has 0 aliphatic carbocycles. The smallest absolute Gasteiger partial charge is 0.309 e. The lowest BCUT2D eigenvalue weighted by atomic mass is 10.1. The molecular formula is C21H23NO6. The van der Waals surface area contributed by atoms with Crippen LogP contribution < -0.4 is 19.5 Å². The summed E-state index contributed by atoms with van der Waals surface area (Å²) >= 11 is 0. The zero-order chi connectivity index (χ0) is 19.6. The Morgan fingerprint density at radius 3 is 2.61 bits per heavy atom. The van der Waals surface area contributed by atoms with Gasteiger partial charge < -0.3 is 24.3 Å². The van der Waals surface area contributed by atoms with Crippen LogP contribution in [0.2, 0.25) is 0 Å². The van der Waals surface area contributed by atoms with E-state index in [1.165, 1.54) is 0 Å². The molecule has 7 heteroatoms. The molecular weight excluding hydrogens is 362 g/mol. The molecule has 0 radical (unpaired) electrons. The summed E-state index contributed by atoms with van der Waals surface area (Å²) in [7, 11) is 0. The molecule has 0 spiro atoms. The SMILES string of the molecule is O=C(COC(=O)CCOc1ccccc1)NCCc1ccc2c(c1)OCCO2. The Morgan fingerprint density at radius 2 is 1.79 bits per heavy atom. The van der Waals surface area contributed by atoms with Gasteiger partial charge in [-0.25, -0.2) is 0 Å². The van der Waals surface area contributed by atoms with Crippen LogP contribution in [0.3, 0.4) is 0 Å². The summed E-state index contributed by atoms with van der Waals surface area (Å²) in [5, 5.41) is 2.73. The van der Waals surface area contributed by atoms with Gasteiger partial charge in [0.2, 0.25) is 0 Å². The van der Waals surface area contributed by atoms with Crippen LogP contribution in [-0.2, 0) is 20.7 Å². The topological polar surface area (TPSA) is 83.1 Å². The normalized spacial score (nSPS) is 12.1. The number of hydrogen-bond donors (Lipinski definition) is 1. The van der Waals surface area contributed by atoms with Gasteiger partial charge in [-0.3, -0.25) is 9.59 Å². The average molecular weight is 385 g/mol. The minimum atomic E-state index is -0.474. The predicted octanol–water partition coefficient (Wildman–Crippen LogP) is 2.13. The molecule has 148 valence electrons. The number of fused-ring (bicyclic) bond motifs is 1. The van der Waals surface area contributed by atoms with Gasteiger partial charge in [-0.1, -0.05) is 24.3 Å². The van der Waals surface area contributed by atoms with E-state index >= 15 is 0 Å². The van der Waals surface area contributed by atoms with Gasteiger partial charge >= 0.3 is 5.97 Å². The molecule has 0 aromatic heterocycles. The first-order valence-corrected chi connectivity index (χ1v) is 9.19. The maximum Gasteiger partial charge on any atom is 0.309 e. The molecule has 0 unspecified atom stereocenters. The number of amides is 1. The number of esters is 1. The number of rotatable bonds is 9. The third-order valence-electron chi connectivity index (χ3n) is 4.02. The van der Waals surface area contributed by atoms with Crippen LogP contribution >= 0.6 is 0 Å². The quantitative estimate of drug-likeness (QED) is 0.666. The van der Waals surface area contributed by atoms with Crippen molar-refractivity contribution in [3.05, 3.63) is 54.1 Å².